The van der Waals surface area contributed by atoms with Gasteiger partial charge in [-0.25, -0.2) is 8.42 Å². The summed E-state index contributed by atoms with van der Waals surface area (Å²) in [6, 6.07) is 0. The van der Waals surface area contributed by atoms with Crippen molar-refractivity contribution in [3.63, 3.8) is 0 Å². The lowest BCUT2D eigenvalue weighted by atomic mass is 10.2. The molecule has 21 heavy (non-hydrogen) atoms. The van der Waals surface area contributed by atoms with Crippen LogP contribution in [0.25, 0.3) is 0 Å². The molecule has 6 nitrogen and oxygen atoms in total. The Kier molecular flexibility index (Phi) is 9.48. The van der Waals surface area contributed by atoms with Crippen molar-refractivity contribution in [2.24, 2.45) is 0 Å². The summed E-state index contributed by atoms with van der Waals surface area (Å²) < 4.78 is 32.6. The van der Waals surface area contributed by atoms with Crippen molar-refractivity contribution in [3.05, 3.63) is 12.3 Å². The predicted molar refractivity (Wildman–Crippen MR) is 82.4 cm³/mol. The van der Waals surface area contributed by atoms with Gasteiger partial charge in [0, 0.05) is 24.4 Å². The molecule has 0 aliphatic carbocycles. The van der Waals surface area contributed by atoms with Crippen LogP contribution < -0.4 is 5.32 Å². The molecule has 0 spiro atoms. The van der Waals surface area contributed by atoms with Gasteiger partial charge in [0.25, 0.3) is 0 Å². The third-order valence-electron chi connectivity index (χ3n) is 3.55. The Bertz CT molecular complexity index is 426. The standard InChI is InChI=1S/C11H25NO3S.C3H3NO/c1-4-8-12(6-3,9-5-2)10-7-11-16(13,14)15;5-3-1-2-4-3/h4-11H2,1-3H3;1-2H,(H,4,5). The number of rotatable bonds is 9. The monoisotopic (exact) mass is 320 g/mol. The van der Waals surface area contributed by atoms with Crippen molar-refractivity contribution >= 4 is 16.0 Å². The van der Waals surface area contributed by atoms with E-state index < -0.39 is 10.1 Å². The summed E-state index contributed by atoms with van der Waals surface area (Å²) in [5, 5.41) is 2.39. The molecule has 0 atom stereocenters. The van der Waals surface area contributed by atoms with E-state index in [9.17, 15) is 17.8 Å². The number of hydrogen-bond acceptors (Lipinski definition) is 4. The molecule has 1 rings (SSSR count). The quantitative estimate of drug-likeness (QED) is 0.511. The van der Waals surface area contributed by atoms with Crippen LogP contribution in [-0.4, -0.2) is 55.3 Å². The zero-order valence-electron chi connectivity index (χ0n) is 13.3. The lowest BCUT2D eigenvalue weighted by Gasteiger charge is -2.37. The molecule has 0 aromatic carbocycles. The number of carbonyl (C=O) groups is 1. The highest BCUT2D eigenvalue weighted by molar-refractivity contribution is 7.85. The summed E-state index contributed by atoms with van der Waals surface area (Å²) in [7, 11) is -4.04. The fourth-order valence-electron chi connectivity index (χ4n) is 2.49. The van der Waals surface area contributed by atoms with Crippen LogP contribution in [0.4, 0.5) is 0 Å². The molecule has 0 fully saturated rings. The van der Waals surface area contributed by atoms with Gasteiger partial charge in [0.2, 0.25) is 5.91 Å². The SMILES string of the molecule is CCC[N+](CC)(CCC)CCCS(=O)(=O)[O-].O=C1C=CN1. The second-order valence-electron chi connectivity index (χ2n) is 5.29. The van der Waals surface area contributed by atoms with Gasteiger partial charge in [0.15, 0.2) is 0 Å². The van der Waals surface area contributed by atoms with Gasteiger partial charge in [-0.05, 0) is 19.8 Å². The average molecular weight is 320 g/mol. The molecule has 1 heterocycles. The second-order valence-corrected chi connectivity index (χ2v) is 6.81. The van der Waals surface area contributed by atoms with Crippen molar-refractivity contribution in [2.75, 3.05) is 31.9 Å². The summed E-state index contributed by atoms with van der Waals surface area (Å²) in [6.07, 6.45) is 5.75. The maximum Gasteiger partial charge on any atom is 0.249 e. The smallest absolute Gasteiger partial charge is 0.249 e. The highest BCUT2D eigenvalue weighted by Gasteiger charge is 2.22. The first-order valence-corrected chi connectivity index (χ1v) is 9.12. The normalized spacial score (nSPS) is 14.0. The van der Waals surface area contributed by atoms with E-state index in [1.54, 1.807) is 6.20 Å². The molecule has 0 radical (unpaired) electrons. The predicted octanol–water partition coefficient (Wildman–Crippen LogP) is 1.21. The van der Waals surface area contributed by atoms with E-state index in [4.69, 9.17) is 0 Å². The highest BCUT2D eigenvalue weighted by Crippen LogP contribution is 2.11. The lowest BCUT2D eigenvalue weighted by molar-refractivity contribution is -0.926. The van der Waals surface area contributed by atoms with Crippen molar-refractivity contribution in [3.8, 4) is 0 Å². The van der Waals surface area contributed by atoms with Crippen molar-refractivity contribution in [1.29, 1.82) is 0 Å². The largest absolute Gasteiger partial charge is 0.748 e. The third kappa shape index (κ3) is 9.60. The molecule has 1 amide bonds. The summed E-state index contributed by atoms with van der Waals surface area (Å²) in [4.78, 5) is 9.70. The van der Waals surface area contributed by atoms with Gasteiger partial charge >= 0.3 is 0 Å². The second kappa shape index (κ2) is 9.92. The van der Waals surface area contributed by atoms with Crippen LogP contribution in [-0.2, 0) is 14.9 Å². The third-order valence-corrected chi connectivity index (χ3v) is 4.34. The summed E-state index contributed by atoms with van der Waals surface area (Å²) in [5.41, 5.74) is 0. The molecule has 7 heteroatoms. The molecular formula is C14H28N2O4S. The zero-order chi connectivity index (χ0) is 16.4. The van der Waals surface area contributed by atoms with Gasteiger partial charge in [-0.1, -0.05) is 13.8 Å². The van der Waals surface area contributed by atoms with Gasteiger partial charge in [0.05, 0.1) is 36.3 Å². The van der Waals surface area contributed by atoms with Crippen LogP contribution in [0.1, 0.15) is 40.0 Å². The van der Waals surface area contributed by atoms with E-state index in [2.05, 4.69) is 26.1 Å². The number of nitrogens with zero attached hydrogens (tertiary/aromatic N) is 1. The maximum absolute atomic E-state index is 10.6. The Morgan fingerprint density at radius 3 is 1.86 bits per heavy atom. The topological polar surface area (TPSA) is 86.3 Å². The molecular weight excluding hydrogens is 292 g/mol. The minimum absolute atomic E-state index is 0.00463. The van der Waals surface area contributed by atoms with Gasteiger partial charge in [-0.3, -0.25) is 4.79 Å². The Morgan fingerprint density at radius 2 is 1.62 bits per heavy atom. The van der Waals surface area contributed by atoms with Gasteiger partial charge in [0.1, 0.15) is 0 Å². The molecule has 0 saturated carbocycles. The molecule has 0 unspecified atom stereocenters. The van der Waals surface area contributed by atoms with E-state index >= 15 is 0 Å². The van der Waals surface area contributed by atoms with Gasteiger partial charge in [-0.2, -0.15) is 0 Å². The fraction of sp³-hybridized carbons (Fsp3) is 0.786. The van der Waals surface area contributed by atoms with Crippen molar-refractivity contribution in [2.45, 2.75) is 40.0 Å². The van der Waals surface area contributed by atoms with Crippen LogP contribution in [0, 0.1) is 0 Å². The maximum atomic E-state index is 10.6. The number of carbonyl (C=O) groups excluding carboxylic acids is 1. The van der Waals surface area contributed by atoms with E-state index in [-0.39, 0.29) is 11.7 Å². The molecule has 0 saturated heterocycles. The van der Waals surface area contributed by atoms with Gasteiger partial charge < -0.3 is 14.4 Å². The van der Waals surface area contributed by atoms with Crippen LogP contribution in [0.2, 0.25) is 0 Å². The zero-order valence-corrected chi connectivity index (χ0v) is 14.1. The lowest BCUT2D eigenvalue weighted by Crippen LogP contribution is -2.50. The first kappa shape index (κ1) is 20.1. The Balaban J connectivity index is 0.000000662. The molecule has 1 N–H and O–H groups in total. The van der Waals surface area contributed by atoms with Crippen LogP contribution >= 0.6 is 0 Å². The Morgan fingerprint density at radius 1 is 1.14 bits per heavy atom. The highest BCUT2D eigenvalue weighted by atomic mass is 32.2. The molecule has 0 aromatic heterocycles. The molecule has 0 bridgehead atoms. The summed E-state index contributed by atoms with van der Waals surface area (Å²) in [5.74, 6) is -0.217. The van der Waals surface area contributed by atoms with Crippen LogP contribution in [0.15, 0.2) is 12.3 Å². The minimum atomic E-state index is -4.04. The Hall–Kier alpha value is -0.920. The van der Waals surface area contributed by atoms with Crippen LogP contribution in [0.3, 0.4) is 0 Å². The molecule has 1 aliphatic heterocycles. The van der Waals surface area contributed by atoms with E-state index in [0.29, 0.717) is 6.42 Å². The molecule has 1 aliphatic rings. The van der Waals surface area contributed by atoms with E-state index in [1.165, 1.54) is 6.08 Å². The number of amides is 1. The number of hydrogen-bond donors (Lipinski definition) is 1. The Labute approximate surface area is 128 Å². The molecule has 124 valence electrons. The minimum Gasteiger partial charge on any atom is -0.748 e. The summed E-state index contributed by atoms with van der Waals surface area (Å²) >= 11 is 0. The van der Waals surface area contributed by atoms with E-state index in [0.717, 1.165) is 43.5 Å². The number of quaternary nitrogens is 1. The van der Waals surface area contributed by atoms with Gasteiger partial charge in [-0.15, -0.1) is 0 Å². The first-order valence-electron chi connectivity index (χ1n) is 7.54. The van der Waals surface area contributed by atoms with Crippen molar-refractivity contribution < 1.29 is 22.2 Å². The molecule has 0 aromatic rings. The fourth-order valence-corrected chi connectivity index (χ4v) is 2.97. The van der Waals surface area contributed by atoms with E-state index in [1.807, 2.05) is 0 Å². The first-order chi connectivity index (χ1) is 9.78. The summed E-state index contributed by atoms with van der Waals surface area (Å²) in [6.45, 7) is 10.4. The van der Waals surface area contributed by atoms with Crippen LogP contribution in [0.5, 0.6) is 0 Å². The number of nitrogens with one attached hydrogen (secondary N) is 1. The average Bonchev–Trinajstić information content (AvgIpc) is 2.36. The van der Waals surface area contributed by atoms with Crippen molar-refractivity contribution in [1.82, 2.24) is 5.32 Å².